The van der Waals surface area contributed by atoms with E-state index in [1.807, 2.05) is 24.4 Å². The summed E-state index contributed by atoms with van der Waals surface area (Å²) >= 11 is 0. The first kappa shape index (κ1) is 26.5. The zero-order valence-corrected chi connectivity index (χ0v) is 25.8. The molecule has 0 atom stereocenters. The molecule has 0 unspecified atom stereocenters. The Kier molecular flexibility index (Phi) is 5.66. The molecule has 0 N–H and O–H groups in total. The van der Waals surface area contributed by atoms with Gasteiger partial charge in [0.05, 0.1) is 38.8 Å². The summed E-state index contributed by atoms with van der Waals surface area (Å²) in [4.78, 5) is 9.86. The lowest BCUT2D eigenvalue weighted by Gasteiger charge is -2.20. The minimum Gasteiger partial charge on any atom is -0.457 e. The summed E-state index contributed by atoms with van der Waals surface area (Å²) in [5.74, 6) is 3.28. The summed E-state index contributed by atoms with van der Waals surface area (Å²) < 4.78 is 13.3. The van der Waals surface area contributed by atoms with E-state index in [1.54, 1.807) is 0 Å². The minimum absolute atomic E-state index is 0.00940. The molecule has 4 heterocycles. The molecule has 0 amide bonds. The largest absolute Gasteiger partial charge is 0.457 e. The van der Waals surface area contributed by atoms with Gasteiger partial charge in [0.25, 0.3) is 0 Å². The molecule has 0 aliphatic heterocycles. The number of hydrogen-bond donors (Lipinski definition) is 0. The van der Waals surface area contributed by atoms with E-state index >= 15 is 0 Å². The molecule has 5 aromatic carbocycles. The van der Waals surface area contributed by atoms with Crippen molar-refractivity contribution in [2.45, 2.75) is 26.2 Å². The SMILES string of the molecule is CC(C)(C)c1ccnc(-n2c3ccccc3c3ccc(Oc4cccc(-n5c6ccccc6n6c7ccccc7nc56)c4)cc32)c1. The van der Waals surface area contributed by atoms with Crippen molar-refractivity contribution >= 4 is 49.7 Å². The third kappa shape index (κ3) is 4.03. The lowest BCUT2D eigenvalue weighted by Crippen LogP contribution is -2.12. The van der Waals surface area contributed by atoms with E-state index < -0.39 is 0 Å². The van der Waals surface area contributed by atoms with E-state index in [1.165, 1.54) is 10.9 Å². The van der Waals surface area contributed by atoms with E-state index in [2.05, 4.69) is 144 Å². The number of para-hydroxylation sites is 5. The lowest BCUT2D eigenvalue weighted by atomic mass is 9.88. The van der Waals surface area contributed by atoms with Gasteiger partial charge in [-0.05, 0) is 77.7 Å². The number of rotatable bonds is 4. The van der Waals surface area contributed by atoms with Crippen LogP contribution in [0.2, 0.25) is 0 Å². The number of nitrogens with zero attached hydrogens (tertiary/aromatic N) is 5. The van der Waals surface area contributed by atoms with Gasteiger partial charge in [-0.1, -0.05) is 69.3 Å². The fraction of sp³-hybridized carbons (Fsp3) is 0.100. The third-order valence-corrected chi connectivity index (χ3v) is 8.90. The Morgan fingerprint density at radius 3 is 2.13 bits per heavy atom. The molecular weight excluding hydrogens is 566 g/mol. The number of hydrogen-bond acceptors (Lipinski definition) is 3. The molecule has 46 heavy (non-hydrogen) atoms. The van der Waals surface area contributed by atoms with Crippen molar-refractivity contribution in [3.05, 3.63) is 139 Å². The molecule has 6 heteroatoms. The highest BCUT2D eigenvalue weighted by Crippen LogP contribution is 2.37. The monoisotopic (exact) mass is 597 g/mol. The Morgan fingerprint density at radius 1 is 0.565 bits per heavy atom. The number of aromatic nitrogens is 5. The minimum atomic E-state index is 0.00940. The van der Waals surface area contributed by atoms with Crippen LogP contribution < -0.4 is 4.74 Å². The second kappa shape index (κ2) is 9.81. The van der Waals surface area contributed by atoms with Crippen molar-refractivity contribution in [1.82, 2.24) is 23.5 Å². The van der Waals surface area contributed by atoms with Crippen molar-refractivity contribution in [3.8, 4) is 23.0 Å². The van der Waals surface area contributed by atoms with Crippen LogP contribution in [0.3, 0.4) is 0 Å². The van der Waals surface area contributed by atoms with Gasteiger partial charge in [-0.25, -0.2) is 9.97 Å². The predicted molar refractivity (Wildman–Crippen MR) is 187 cm³/mol. The lowest BCUT2D eigenvalue weighted by molar-refractivity contribution is 0.483. The zero-order valence-electron chi connectivity index (χ0n) is 25.8. The maximum absolute atomic E-state index is 6.60. The summed E-state index contributed by atoms with van der Waals surface area (Å²) in [6.07, 6.45) is 1.91. The Morgan fingerprint density at radius 2 is 1.28 bits per heavy atom. The van der Waals surface area contributed by atoms with Gasteiger partial charge in [-0.2, -0.15) is 0 Å². The van der Waals surface area contributed by atoms with Crippen LogP contribution in [0.15, 0.2) is 134 Å². The highest BCUT2D eigenvalue weighted by Gasteiger charge is 2.19. The van der Waals surface area contributed by atoms with Gasteiger partial charge in [0.1, 0.15) is 17.3 Å². The summed E-state index contributed by atoms with van der Waals surface area (Å²) in [6.45, 7) is 6.69. The summed E-state index contributed by atoms with van der Waals surface area (Å²) in [5.41, 5.74) is 8.66. The first-order valence-electron chi connectivity index (χ1n) is 15.6. The molecule has 9 rings (SSSR count). The third-order valence-electron chi connectivity index (χ3n) is 8.90. The molecule has 0 saturated heterocycles. The first-order valence-corrected chi connectivity index (χ1v) is 15.6. The van der Waals surface area contributed by atoms with Crippen molar-refractivity contribution in [2.75, 3.05) is 0 Å². The molecule has 6 nitrogen and oxygen atoms in total. The molecule has 0 bridgehead atoms. The molecule has 0 aliphatic rings. The van der Waals surface area contributed by atoms with Gasteiger partial charge >= 0.3 is 0 Å². The smallest absolute Gasteiger partial charge is 0.220 e. The molecule has 0 fully saturated rings. The Labute approximate surface area is 265 Å². The van der Waals surface area contributed by atoms with Gasteiger partial charge in [0.15, 0.2) is 0 Å². The van der Waals surface area contributed by atoms with Crippen LogP contribution in [0.25, 0.3) is 61.2 Å². The maximum atomic E-state index is 6.60. The standard InChI is InChI=1S/C40H31N5O/c1-40(2,3)26-21-22-41-38(23-26)44-33-15-6-4-13-30(33)31-20-19-29(25-37(31)44)46-28-12-10-11-27(24-28)43-35-17-8-9-18-36(35)45-34-16-7-5-14-32(34)42-39(43)45/h4-25H,1-3H3. The van der Waals surface area contributed by atoms with E-state index in [0.717, 1.165) is 67.3 Å². The number of ether oxygens (including phenoxy) is 1. The average Bonchev–Trinajstić information content (AvgIpc) is 3.71. The number of imidazole rings is 2. The van der Waals surface area contributed by atoms with E-state index in [4.69, 9.17) is 14.7 Å². The van der Waals surface area contributed by atoms with Crippen LogP contribution in [-0.2, 0) is 5.41 Å². The Hall–Kier alpha value is -5.88. The van der Waals surface area contributed by atoms with E-state index in [0.29, 0.717) is 0 Å². The Bertz CT molecular complexity index is 2610. The highest BCUT2D eigenvalue weighted by atomic mass is 16.5. The van der Waals surface area contributed by atoms with Crippen molar-refractivity contribution < 1.29 is 4.74 Å². The van der Waals surface area contributed by atoms with Crippen LogP contribution in [0, 0.1) is 0 Å². The maximum Gasteiger partial charge on any atom is 0.220 e. The predicted octanol–water partition coefficient (Wildman–Crippen LogP) is 10.0. The fourth-order valence-electron chi connectivity index (χ4n) is 6.70. The Balaban J connectivity index is 1.17. The molecule has 0 saturated carbocycles. The molecule has 0 aliphatic carbocycles. The van der Waals surface area contributed by atoms with Crippen molar-refractivity contribution in [1.29, 1.82) is 0 Å². The van der Waals surface area contributed by atoms with Crippen molar-refractivity contribution in [2.24, 2.45) is 0 Å². The fourth-order valence-corrected chi connectivity index (χ4v) is 6.70. The summed E-state index contributed by atoms with van der Waals surface area (Å²) in [7, 11) is 0. The van der Waals surface area contributed by atoms with Crippen LogP contribution in [0.5, 0.6) is 11.5 Å². The van der Waals surface area contributed by atoms with Crippen LogP contribution in [0.1, 0.15) is 26.3 Å². The molecule has 222 valence electrons. The van der Waals surface area contributed by atoms with Gasteiger partial charge in [0.2, 0.25) is 5.78 Å². The quantitative estimate of drug-likeness (QED) is 0.203. The van der Waals surface area contributed by atoms with E-state index in [9.17, 15) is 0 Å². The molecule has 4 aromatic heterocycles. The number of pyridine rings is 1. The van der Waals surface area contributed by atoms with Crippen LogP contribution in [0.4, 0.5) is 0 Å². The van der Waals surface area contributed by atoms with E-state index in [-0.39, 0.29) is 5.41 Å². The normalized spacial score (nSPS) is 12.2. The number of fused-ring (bicyclic) bond motifs is 8. The zero-order chi connectivity index (χ0) is 31.0. The van der Waals surface area contributed by atoms with Gasteiger partial charge in [0, 0.05) is 29.1 Å². The summed E-state index contributed by atoms with van der Waals surface area (Å²) in [6, 6.07) is 44.1. The topological polar surface area (TPSA) is 49.3 Å². The summed E-state index contributed by atoms with van der Waals surface area (Å²) in [5, 5.41) is 2.34. The second-order valence-electron chi connectivity index (χ2n) is 12.8. The molecule has 9 aromatic rings. The van der Waals surface area contributed by atoms with Crippen LogP contribution >= 0.6 is 0 Å². The molecular formula is C40H31N5O. The average molecular weight is 598 g/mol. The van der Waals surface area contributed by atoms with Gasteiger partial charge in [-0.15, -0.1) is 0 Å². The first-order chi connectivity index (χ1) is 22.4. The van der Waals surface area contributed by atoms with Crippen LogP contribution in [-0.4, -0.2) is 23.5 Å². The highest BCUT2D eigenvalue weighted by molar-refractivity contribution is 6.09. The van der Waals surface area contributed by atoms with Gasteiger partial charge < -0.3 is 4.74 Å². The molecule has 0 radical (unpaired) electrons. The number of benzene rings is 5. The molecule has 0 spiro atoms. The van der Waals surface area contributed by atoms with Gasteiger partial charge in [-0.3, -0.25) is 13.5 Å². The second-order valence-corrected chi connectivity index (χ2v) is 12.8. The van der Waals surface area contributed by atoms with Crippen molar-refractivity contribution in [3.63, 3.8) is 0 Å².